The average molecular weight is 424 g/mol. The maximum Gasteiger partial charge on any atom is 0.407 e. The summed E-state index contributed by atoms with van der Waals surface area (Å²) in [6.07, 6.45) is 4.27. The van der Waals surface area contributed by atoms with Gasteiger partial charge in [0.15, 0.2) is 11.6 Å². The van der Waals surface area contributed by atoms with Crippen molar-refractivity contribution < 1.29 is 19.4 Å². The minimum absolute atomic E-state index is 0.0184. The van der Waals surface area contributed by atoms with Crippen molar-refractivity contribution in [3.05, 3.63) is 30.6 Å². The average Bonchev–Trinajstić information content (AvgIpc) is 3.12. The second-order valence-corrected chi connectivity index (χ2v) is 8.33. The highest BCUT2D eigenvalue weighted by molar-refractivity contribution is 5.94. The highest BCUT2D eigenvalue weighted by atomic mass is 16.5. The zero-order valence-electron chi connectivity index (χ0n) is 17.4. The molecule has 2 N–H and O–H groups in total. The van der Waals surface area contributed by atoms with Gasteiger partial charge in [-0.2, -0.15) is 10.2 Å². The Bertz CT molecular complexity index is 1170. The number of fused-ring (bicyclic) bond motifs is 1. The summed E-state index contributed by atoms with van der Waals surface area (Å²) in [5.41, 5.74) is 2.52. The van der Waals surface area contributed by atoms with E-state index >= 15 is 0 Å². The third-order valence-corrected chi connectivity index (χ3v) is 6.16. The predicted octanol–water partition coefficient (Wildman–Crippen LogP) is 2.46. The van der Waals surface area contributed by atoms with E-state index in [4.69, 9.17) is 9.84 Å². The zero-order valence-corrected chi connectivity index (χ0v) is 17.4. The lowest BCUT2D eigenvalue weighted by Crippen LogP contribution is -2.53. The Balaban J connectivity index is 1.35. The number of nitrogens with zero attached hydrogens (tertiary/aromatic N) is 5. The summed E-state index contributed by atoms with van der Waals surface area (Å²) in [6, 6.07) is 5.57. The molecule has 1 saturated carbocycles. The van der Waals surface area contributed by atoms with Gasteiger partial charge < -0.3 is 20.1 Å². The number of hydrogen-bond donors (Lipinski definition) is 2. The minimum atomic E-state index is -0.920. The van der Waals surface area contributed by atoms with Crippen molar-refractivity contribution in [3.8, 4) is 17.0 Å². The molecule has 0 aromatic carbocycles. The number of ether oxygens (including phenoxy) is 1. The van der Waals surface area contributed by atoms with Crippen LogP contribution in [0.2, 0.25) is 0 Å². The van der Waals surface area contributed by atoms with Gasteiger partial charge >= 0.3 is 6.09 Å². The van der Waals surface area contributed by atoms with Gasteiger partial charge in [0, 0.05) is 37.3 Å². The lowest BCUT2D eigenvalue weighted by atomic mass is 10.1. The molecule has 1 saturated heterocycles. The van der Waals surface area contributed by atoms with E-state index in [1.807, 2.05) is 31.4 Å². The van der Waals surface area contributed by atoms with E-state index in [-0.39, 0.29) is 24.5 Å². The Hall–Kier alpha value is -3.56. The first-order chi connectivity index (χ1) is 14.9. The normalized spacial score (nSPS) is 22.3. The van der Waals surface area contributed by atoms with E-state index in [1.165, 1.54) is 4.90 Å². The Kier molecular flexibility index (Phi) is 4.57. The standard InChI is InChI=1S/C21H24N6O4/c1-12-7-16(12)20(28)23-18-9-15-8-13(3-6-27(15)24-18)19-17(10-22-25(19)2)31-11-14-4-5-26(14)21(29)30/h3,6,8-10,12,14,16H,4-5,7,11H2,1-2H3,(H,29,30)(H,23,24,28)/t12-,14+,16-/m0/s1. The number of rotatable bonds is 6. The number of anilines is 1. The molecule has 10 heteroatoms. The number of carbonyl (C=O) groups excluding carboxylic acids is 1. The molecule has 1 aliphatic carbocycles. The fraction of sp³-hybridized carbons (Fsp3) is 0.429. The predicted molar refractivity (Wildman–Crippen MR) is 112 cm³/mol. The number of hydrogen-bond acceptors (Lipinski definition) is 5. The molecule has 31 heavy (non-hydrogen) atoms. The van der Waals surface area contributed by atoms with Crippen LogP contribution >= 0.6 is 0 Å². The molecule has 5 rings (SSSR count). The summed E-state index contributed by atoms with van der Waals surface area (Å²) in [5.74, 6) is 1.67. The molecule has 1 aliphatic heterocycles. The van der Waals surface area contributed by atoms with E-state index in [2.05, 4.69) is 22.4 Å². The van der Waals surface area contributed by atoms with Gasteiger partial charge in [0.05, 0.1) is 17.8 Å². The topological polar surface area (TPSA) is 114 Å². The quantitative estimate of drug-likeness (QED) is 0.628. The van der Waals surface area contributed by atoms with Gasteiger partial charge in [-0.3, -0.25) is 9.48 Å². The van der Waals surface area contributed by atoms with Gasteiger partial charge in [-0.25, -0.2) is 9.31 Å². The maximum atomic E-state index is 12.2. The summed E-state index contributed by atoms with van der Waals surface area (Å²) in [5, 5.41) is 20.8. The van der Waals surface area contributed by atoms with Crippen LogP contribution in [-0.4, -0.2) is 60.6 Å². The van der Waals surface area contributed by atoms with Gasteiger partial charge in [0.1, 0.15) is 12.3 Å². The van der Waals surface area contributed by atoms with Gasteiger partial charge in [0.25, 0.3) is 0 Å². The number of carboxylic acid groups (broad SMARTS) is 1. The number of aryl methyl sites for hydroxylation is 1. The van der Waals surface area contributed by atoms with Gasteiger partial charge in [-0.15, -0.1) is 0 Å². The lowest BCUT2D eigenvalue weighted by molar-refractivity contribution is -0.117. The van der Waals surface area contributed by atoms with Crippen molar-refractivity contribution in [2.75, 3.05) is 18.5 Å². The molecule has 4 heterocycles. The van der Waals surface area contributed by atoms with E-state index in [0.717, 1.165) is 29.6 Å². The fourth-order valence-electron chi connectivity index (χ4n) is 4.01. The second-order valence-electron chi connectivity index (χ2n) is 8.33. The van der Waals surface area contributed by atoms with Gasteiger partial charge in [-0.05, 0) is 30.9 Å². The van der Waals surface area contributed by atoms with Crippen molar-refractivity contribution in [3.63, 3.8) is 0 Å². The third kappa shape index (κ3) is 3.58. The van der Waals surface area contributed by atoms with Gasteiger partial charge in [0.2, 0.25) is 5.91 Å². The number of carbonyl (C=O) groups is 2. The Labute approximate surface area is 178 Å². The summed E-state index contributed by atoms with van der Waals surface area (Å²) < 4.78 is 9.38. The molecule has 0 unspecified atom stereocenters. The van der Waals surface area contributed by atoms with Crippen LogP contribution < -0.4 is 10.1 Å². The number of likely N-dealkylation sites (tertiary alicyclic amines) is 1. The van der Waals surface area contributed by atoms with Crippen molar-refractivity contribution in [2.45, 2.75) is 25.8 Å². The molecular weight excluding hydrogens is 400 g/mol. The number of aromatic nitrogens is 4. The molecule has 3 atom stereocenters. The molecular formula is C21H24N6O4. The molecule has 2 amide bonds. The molecule has 0 bridgehead atoms. The number of pyridine rings is 1. The molecule has 10 nitrogen and oxygen atoms in total. The van der Waals surface area contributed by atoms with E-state index in [1.54, 1.807) is 15.4 Å². The summed E-state index contributed by atoms with van der Waals surface area (Å²) in [6.45, 7) is 2.90. The molecule has 2 aliphatic rings. The van der Waals surface area contributed by atoms with Crippen molar-refractivity contribution >= 4 is 23.3 Å². The van der Waals surface area contributed by atoms with E-state index < -0.39 is 6.09 Å². The van der Waals surface area contributed by atoms with Crippen LogP contribution in [0.4, 0.5) is 10.6 Å². The molecule has 0 spiro atoms. The first-order valence-electron chi connectivity index (χ1n) is 10.4. The monoisotopic (exact) mass is 424 g/mol. The minimum Gasteiger partial charge on any atom is -0.487 e. The van der Waals surface area contributed by atoms with Crippen LogP contribution in [0.3, 0.4) is 0 Å². The number of amides is 2. The molecule has 0 radical (unpaired) electrons. The van der Waals surface area contributed by atoms with Crippen LogP contribution in [0.15, 0.2) is 30.6 Å². The van der Waals surface area contributed by atoms with Gasteiger partial charge in [-0.1, -0.05) is 6.92 Å². The Morgan fingerprint density at radius 3 is 2.84 bits per heavy atom. The molecule has 3 aromatic heterocycles. The van der Waals surface area contributed by atoms with Crippen molar-refractivity contribution in [1.82, 2.24) is 24.3 Å². The van der Waals surface area contributed by atoms with Crippen LogP contribution in [0.5, 0.6) is 5.75 Å². The van der Waals surface area contributed by atoms with Crippen molar-refractivity contribution in [1.29, 1.82) is 0 Å². The first-order valence-corrected chi connectivity index (χ1v) is 10.4. The number of nitrogens with one attached hydrogen (secondary N) is 1. The van der Waals surface area contributed by atoms with Crippen molar-refractivity contribution in [2.24, 2.45) is 18.9 Å². The Morgan fingerprint density at radius 1 is 1.35 bits per heavy atom. The Morgan fingerprint density at radius 2 is 2.16 bits per heavy atom. The summed E-state index contributed by atoms with van der Waals surface area (Å²) in [4.78, 5) is 24.7. The first kappa shape index (κ1) is 19.4. The second kappa shape index (κ2) is 7.29. The van der Waals surface area contributed by atoms with E-state index in [0.29, 0.717) is 24.0 Å². The van der Waals surface area contributed by atoms with Crippen LogP contribution in [0, 0.1) is 11.8 Å². The highest BCUT2D eigenvalue weighted by Crippen LogP contribution is 2.38. The fourth-order valence-corrected chi connectivity index (χ4v) is 4.01. The van der Waals surface area contributed by atoms with Crippen LogP contribution in [0.25, 0.3) is 16.8 Å². The smallest absolute Gasteiger partial charge is 0.407 e. The zero-order chi connectivity index (χ0) is 21.7. The summed E-state index contributed by atoms with van der Waals surface area (Å²) in [7, 11) is 1.83. The molecule has 162 valence electrons. The highest BCUT2D eigenvalue weighted by Gasteiger charge is 2.39. The third-order valence-electron chi connectivity index (χ3n) is 6.16. The molecule has 3 aromatic rings. The lowest BCUT2D eigenvalue weighted by Gasteiger charge is -2.38. The van der Waals surface area contributed by atoms with E-state index in [9.17, 15) is 9.59 Å². The largest absolute Gasteiger partial charge is 0.487 e. The molecule has 2 fully saturated rings. The maximum absolute atomic E-state index is 12.2. The summed E-state index contributed by atoms with van der Waals surface area (Å²) >= 11 is 0. The van der Waals surface area contributed by atoms with Crippen LogP contribution in [-0.2, 0) is 11.8 Å². The SMILES string of the molecule is C[C@H]1C[C@@H]1C(=O)Nc1cc2cc(-c3c(OC[C@H]4CCN4C(=O)O)cnn3C)ccn2n1. The van der Waals surface area contributed by atoms with Crippen LogP contribution in [0.1, 0.15) is 19.8 Å².